The van der Waals surface area contributed by atoms with E-state index in [1.165, 1.54) is 0 Å². The molecule has 0 bridgehead atoms. The second-order valence-electron chi connectivity index (χ2n) is 6.37. The molecule has 0 spiro atoms. The molecule has 21 heavy (non-hydrogen) atoms. The third-order valence-electron chi connectivity index (χ3n) is 3.80. The van der Waals surface area contributed by atoms with Gasteiger partial charge in [0, 0.05) is 6.20 Å². The van der Waals surface area contributed by atoms with Gasteiger partial charge in [-0.2, -0.15) is 4.98 Å². The van der Waals surface area contributed by atoms with Crippen LogP contribution in [0.25, 0.3) is 0 Å². The maximum absolute atomic E-state index is 5.99. The molecule has 1 saturated heterocycles. The Morgan fingerprint density at radius 3 is 2.19 bits per heavy atom. The van der Waals surface area contributed by atoms with Crippen molar-refractivity contribution >= 4 is 12.6 Å². The number of nitrogens with zero attached hydrogens (tertiary/aromatic N) is 2. The van der Waals surface area contributed by atoms with Crippen molar-refractivity contribution in [2.75, 3.05) is 7.11 Å². The zero-order valence-electron chi connectivity index (χ0n) is 13.8. The van der Waals surface area contributed by atoms with Crippen LogP contribution in [-0.4, -0.2) is 41.5 Å². The van der Waals surface area contributed by atoms with E-state index < -0.39 is 18.3 Å². The van der Waals surface area contributed by atoms with Gasteiger partial charge in [-0.3, -0.25) is 0 Å². The first-order valence-corrected chi connectivity index (χ1v) is 7.09. The Bertz CT molecular complexity index is 504. The molecule has 0 aromatic carbocycles. The molecule has 1 aromatic rings. The summed E-state index contributed by atoms with van der Waals surface area (Å²) in [6, 6.07) is 0.280. The van der Waals surface area contributed by atoms with Gasteiger partial charge in [0.05, 0.1) is 29.9 Å². The Morgan fingerprint density at radius 2 is 1.71 bits per heavy atom. The van der Waals surface area contributed by atoms with Crippen LogP contribution in [0.15, 0.2) is 6.20 Å². The summed E-state index contributed by atoms with van der Waals surface area (Å²) in [7, 11) is 0.994. The summed E-state index contributed by atoms with van der Waals surface area (Å²) in [6.07, 6.45) is 1.63. The lowest BCUT2D eigenvalue weighted by Gasteiger charge is -2.32. The number of hydrogen-bond donors (Lipinski definition) is 0. The van der Waals surface area contributed by atoms with Gasteiger partial charge in [-0.05, 0) is 41.5 Å². The van der Waals surface area contributed by atoms with Gasteiger partial charge in [0.25, 0.3) is 0 Å². The van der Waals surface area contributed by atoms with Gasteiger partial charge in [0.2, 0.25) is 5.88 Å². The minimum atomic E-state index is -0.557. The van der Waals surface area contributed by atoms with E-state index in [1.807, 2.05) is 41.5 Å². The summed E-state index contributed by atoms with van der Waals surface area (Å²) < 4.78 is 22.8. The van der Waals surface area contributed by atoms with Gasteiger partial charge >= 0.3 is 13.1 Å². The van der Waals surface area contributed by atoms with Crippen molar-refractivity contribution in [3.63, 3.8) is 0 Å². The van der Waals surface area contributed by atoms with Crippen molar-refractivity contribution < 1.29 is 18.8 Å². The molecule has 0 N–H and O–H groups in total. The first-order valence-electron chi connectivity index (χ1n) is 7.09. The molecular formula is C14H23BN2O4. The highest BCUT2D eigenvalue weighted by Gasteiger charge is 2.52. The third kappa shape index (κ3) is 3.13. The molecule has 0 aliphatic carbocycles. The van der Waals surface area contributed by atoms with E-state index in [0.717, 1.165) is 0 Å². The van der Waals surface area contributed by atoms with Crippen LogP contribution >= 0.6 is 0 Å². The minimum Gasteiger partial charge on any atom is -0.481 e. The molecule has 6 nitrogen and oxygen atoms in total. The molecule has 1 aliphatic rings. The number of aromatic nitrogens is 2. The Hall–Kier alpha value is -1.34. The first-order chi connectivity index (χ1) is 9.66. The van der Waals surface area contributed by atoms with Gasteiger partial charge in [0.1, 0.15) is 0 Å². The lowest BCUT2D eigenvalue weighted by Crippen LogP contribution is -2.41. The molecule has 0 radical (unpaired) electrons. The van der Waals surface area contributed by atoms with Crippen LogP contribution in [0.3, 0.4) is 0 Å². The van der Waals surface area contributed by atoms with Crippen LogP contribution < -0.4 is 14.9 Å². The van der Waals surface area contributed by atoms with Crippen molar-refractivity contribution in [1.29, 1.82) is 0 Å². The van der Waals surface area contributed by atoms with Gasteiger partial charge in [-0.15, -0.1) is 0 Å². The number of rotatable bonds is 4. The first kappa shape index (κ1) is 16.0. The van der Waals surface area contributed by atoms with Crippen LogP contribution in [0.1, 0.15) is 41.5 Å². The fourth-order valence-electron chi connectivity index (χ4n) is 1.92. The highest BCUT2D eigenvalue weighted by atomic mass is 16.7. The molecule has 1 fully saturated rings. The van der Waals surface area contributed by atoms with Gasteiger partial charge < -0.3 is 18.8 Å². The Labute approximate surface area is 126 Å². The van der Waals surface area contributed by atoms with Gasteiger partial charge in [0.15, 0.2) is 0 Å². The summed E-state index contributed by atoms with van der Waals surface area (Å²) in [5, 5.41) is 0. The highest BCUT2D eigenvalue weighted by molar-refractivity contribution is 6.63. The monoisotopic (exact) mass is 294 g/mol. The predicted molar refractivity (Wildman–Crippen MR) is 80.1 cm³/mol. The molecule has 2 heterocycles. The molecule has 0 atom stereocenters. The zero-order valence-corrected chi connectivity index (χ0v) is 13.8. The molecule has 2 rings (SSSR count). The fourth-order valence-corrected chi connectivity index (χ4v) is 1.92. The second kappa shape index (κ2) is 5.46. The molecule has 116 valence electrons. The lowest BCUT2D eigenvalue weighted by molar-refractivity contribution is 0.00578. The highest BCUT2D eigenvalue weighted by Crippen LogP contribution is 2.37. The van der Waals surface area contributed by atoms with E-state index >= 15 is 0 Å². The van der Waals surface area contributed by atoms with E-state index in [9.17, 15) is 0 Å². The van der Waals surface area contributed by atoms with Crippen LogP contribution in [0, 0.1) is 0 Å². The molecule has 1 aromatic heterocycles. The maximum atomic E-state index is 5.99. The fraction of sp³-hybridized carbons (Fsp3) is 0.714. The van der Waals surface area contributed by atoms with Gasteiger partial charge in [-0.1, -0.05) is 0 Å². The zero-order chi connectivity index (χ0) is 15.8. The van der Waals surface area contributed by atoms with Crippen molar-refractivity contribution in [2.24, 2.45) is 0 Å². The molecule has 0 saturated carbocycles. The average Bonchev–Trinajstić information content (AvgIpc) is 2.57. The van der Waals surface area contributed by atoms with E-state index in [2.05, 4.69) is 9.97 Å². The summed E-state index contributed by atoms with van der Waals surface area (Å²) in [5.74, 6) is 0.402. The van der Waals surface area contributed by atoms with Crippen molar-refractivity contribution in [3.8, 4) is 11.9 Å². The SMILES string of the molecule is COc1nc(OC(C)C)ncc1B1OC(C)(C)C(C)(C)O1. The van der Waals surface area contributed by atoms with Crippen LogP contribution in [0.5, 0.6) is 11.9 Å². The van der Waals surface area contributed by atoms with E-state index in [1.54, 1.807) is 13.3 Å². The molecule has 0 unspecified atom stereocenters. The average molecular weight is 294 g/mol. The molecule has 0 amide bonds. The van der Waals surface area contributed by atoms with Crippen molar-refractivity contribution in [3.05, 3.63) is 6.20 Å². The number of hydrogen-bond acceptors (Lipinski definition) is 6. The van der Waals surface area contributed by atoms with E-state index in [0.29, 0.717) is 11.3 Å². The summed E-state index contributed by atoms with van der Waals surface area (Å²) in [6.45, 7) is 11.8. The Balaban J connectivity index is 2.29. The molecule has 1 aliphatic heterocycles. The Morgan fingerprint density at radius 1 is 1.14 bits per heavy atom. The van der Waals surface area contributed by atoms with E-state index in [-0.39, 0.29) is 12.1 Å². The lowest BCUT2D eigenvalue weighted by atomic mass is 9.81. The minimum absolute atomic E-state index is 0.00240. The predicted octanol–water partition coefficient (Wildman–Crippen LogP) is 1.57. The maximum Gasteiger partial charge on any atom is 0.502 e. The largest absolute Gasteiger partial charge is 0.502 e. The Kier molecular flexibility index (Phi) is 4.17. The third-order valence-corrected chi connectivity index (χ3v) is 3.80. The number of methoxy groups -OCH3 is 1. The van der Waals surface area contributed by atoms with Crippen LogP contribution in [-0.2, 0) is 9.31 Å². The van der Waals surface area contributed by atoms with Crippen LogP contribution in [0.4, 0.5) is 0 Å². The summed E-state index contributed by atoms with van der Waals surface area (Å²) >= 11 is 0. The summed E-state index contributed by atoms with van der Waals surface area (Å²) in [4.78, 5) is 8.45. The topological polar surface area (TPSA) is 62.7 Å². The quantitative estimate of drug-likeness (QED) is 0.786. The summed E-state index contributed by atoms with van der Waals surface area (Å²) in [5.41, 5.74) is -0.182. The van der Waals surface area contributed by atoms with Crippen LogP contribution in [0.2, 0.25) is 0 Å². The standard InChI is InChI=1S/C14H23BN2O4/c1-9(2)19-12-16-8-10(11(17-12)18-7)15-20-13(3,4)14(5,6)21-15/h8-9H,1-7H3. The van der Waals surface area contributed by atoms with Crippen molar-refractivity contribution in [2.45, 2.75) is 58.8 Å². The van der Waals surface area contributed by atoms with Gasteiger partial charge in [-0.25, -0.2) is 4.98 Å². The van der Waals surface area contributed by atoms with E-state index in [4.69, 9.17) is 18.8 Å². The molecular weight excluding hydrogens is 271 g/mol. The van der Waals surface area contributed by atoms with Crippen molar-refractivity contribution in [1.82, 2.24) is 9.97 Å². The number of ether oxygens (including phenoxy) is 2. The molecule has 7 heteroatoms. The smallest absolute Gasteiger partial charge is 0.481 e. The normalized spacial score (nSPS) is 19.9. The second-order valence-corrected chi connectivity index (χ2v) is 6.37.